The Morgan fingerprint density at radius 2 is 0.792 bits per heavy atom. The molecule has 3 heteroatoms. The summed E-state index contributed by atoms with van der Waals surface area (Å²) in [5.74, 6) is 1.95. The summed E-state index contributed by atoms with van der Waals surface area (Å²) in [5.41, 5.74) is 8.91. The molecule has 7 aromatic carbocycles. The third-order valence-electron chi connectivity index (χ3n) is 9.10. The average Bonchev–Trinajstić information content (AvgIpc) is 3.14. The molecule has 0 amide bonds. The van der Waals surface area contributed by atoms with Gasteiger partial charge in [0.2, 0.25) is 0 Å². The summed E-state index contributed by atoms with van der Waals surface area (Å²) in [7, 11) is 0. The van der Waals surface area contributed by atoms with E-state index in [0.29, 0.717) is 17.5 Å². The summed E-state index contributed by atoms with van der Waals surface area (Å²) in [6, 6.07) is 55.5. The summed E-state index contributed by atoms with van der Waals surface area (Å²) >= 11 is 0. The van der Waals surface area contributed by atoms with Gasteiger partial charge in [-0.05, 0) is 55.3 Å². The Hall–Kier alpha value is -5.93. The Labute approximate surface area is 281 Å². The Bertz CT molecular complexity index is 2330. The second-order valence-electron chi connectivity index (χ2n) is 13.3. The van der Waals surface area contributed by atoms with Crippen LogP contribution < -0.4 is 0 Å². The van der Waals surface area contributed by atoms with Crippen molar-refractivity contribution in [3.8, 4) is 56.4 Å². The van der Waals surface area contributed by atoms with E-state index in [4.69, 9.17) is 15.0 Å². The summed E-state index contributed by atoms with van der Waals surface area (Å²) in [6.07, 6.45) is 0. The first kappa shape index (κ1) is 29.5. The highest BCUT2D eigenvalue weighted by atomic mass is 15.0. The van der Waals surface area contributed by atoms with Gasteiger partial charge in [-0.15, -0.1) is 0 Å². The van der Waals surface area contributed by atoms with Gasteiger partial charge in [-0.25, -0.2) is 15.0 Å². The monoisotopic (exact) mass is 617 g/mol. The highest BCUT2D eigenvalue weighted by molar-refractivity contribution is 6.21. The second-order valence-corrected chi connectivity index (χ2v) is 13.3. The van der Waals surface area contributed by atoms with E-state index >= 15 is 0 Å². The minimum Gasteiger partial charge on any atom is -0.208 e. The van der Waals surface area contributed by atoms with Crippen molar-refractivity contribution in [1.82, 2.24) is 15.0 Å². The molecule has 0 aliphatic carbocycles. The van der Waals surface area contributed by atoms with Crippen molar-refractivity contribution in [2.75, 3.05) is 0 Å². The van der Waals surface area contributed by atoms with E-state index in [2.05, 4.69) is 142 Å². The summed E-state index contributed by atoms with van der Waals surface area (Å²) in [6.45, 7) is 6.76. The van der Waals surface area contributed by atoms with Gasteiger partial charge in [-0.3, -0.25) is 0 Å². The van der Waals surface area contributed by atoms with Crippen LogP contribution in [-0.2, 0) is 5.41 Å². The Balaban J connectivity index is 1.47. The van der Waals surface area contributed by atoms with Crippen molar-refractivity contribution in [3.63, 3.8) is 0 Å². The molecule has 0 saturated heterocycles. The zero-order chi connectivity index (χ0) is 32.7. The fraction of sp³-hybridized carbons (Fsp3) is 0.0889. The molecule has 0 bridgehead atoms. The molecule has 0 radical (unpaired) electrons. The predicted octanol–water partition coefficient (Wildman–Crippen LogP) is 11.8. The summed E-state index contributed by atoms with van der Waals surface area (Å²) in [4.78, 5) is 15.5. The van der Waals surface area contributed by atoms with E-state index in [9.17, 15) is 0 Å². The highest BCUT2D eigenvalue weighted by Gasteiger charge is 2.22. The topological polar surface area (TPSA) is 38.7 Å². The molecule has 1 aromatic heterocycles. The number of hydrogen-bond acceptors (Lipinski definition) is 3. The van der Waals surface area contributed by atoms with Crippen molar-refractivity contribution in [3.05, 3.63) is 163 Å². The van der Waals surface area contributed by atoms with Gasteiger partial charge in [0, 0.05) is 22.3 Å². The molecule has 0 spiro atoms. The minimum atomic E-state index is 0.0952. The maximum atomic E-state index is 5.23. The van der Waals surface area contributed by atoms with Gasteiger partial charge >= 0.3 is 0 Å². The summed E-state index contributed by atoms with van der Waals surface area (Å²) in [5, 5.41) is 4.63. The van der Waals surface area contributed by atoms with Crippen LogP contribution in [0, 0.1) is 0 Å². The molecular formula is C45H35N3. The first-order valence-corrected chi connectivity index (χ1v) is 16.5. The van der Waals surface area contributed by atoms with Gasteiger partial charge < -0.3 is 0 Å². The fourth-order valence-electron chi connectivity index (χ4n) is 6.59. The van der Waals surface area contributed by atoms with E-state index < -0.39 is 0 Å². The SMILES string of the molecule is CC(C)(C)c1ccc(-c2ccc3c(c2)c(-c2ccccc2)c(-c2nc(-c4ccccc4)nc(-c4ccccc4)n2)c2ccccc23)cc1. The zero-order valence-corrected chi connectivity index (χ0v) is 27.4. The Kier molecular flexibility index (Phi) is 7.38. The van der Waals surface area contributed by atoms with Gasteiger partial charge in [0.1, 0.15) is 0 Å². The minimum absolute atomic E-state index is 0.0952. The molecule has 230 valence electrons. The molecule has 0 unspecified atom stereocenters. The van der Waals surface area contributed by atoms with Crippen LogP contribution in [0.4, 0.5) is 0 Å². The second kappa shape index (κ2) is 12.0. The molecule has 0 aliphatic heterocycles. The van der Waals surface area contributed by atoms with Crippen molar-refractivity contribution in [2.45, 2.75) is 26.2 Å². The van der Waals surface area contributed by atoms with E-state index in [0.717, 1.165) is 38.6 Å². The lowest BCUT2D eigenvalue weighted by Crippen LogP contribution is -2.10. The number of benzene rings is 7. The largest absolute Gasteiger partial charge is 0.208 e. The number of hydrogen-bond donors (Lipinski definition) is 0. The van der Waals surface area contributed by atoms with E-state index in [1.165, 1.54) is 27.5 Å². The van der Waals surface area contributed by atoms with Crippen LogP contribution in [0.25, 0.3) is 78.0 Å². The molecule has 0 saturated carbocycles. The number of nitrogens with zero attached hydrogens (tertiary/aromatic N) is 3. The Morgan fingerprint density at radius 3 is 1.35 bits per heavy atom. The third kappa shape index (κ3) is 5.44. The van der Waals surface area contributed by atoms with E-state index in [1.807, 2.05) is 36.4 Å². The van der Waals surface area contributed by atoms with E-state index in [1.54, 1.807) is 0 Å². The lowest BCUT2D eigenvalue weighted by Gasteiger charge is -2.20. The van der Waals surface area contributed by atoms with Crippen molar-refractivity contribution in [2.24, 2.45) is 0 Å². The number of rotatable bonds is 5. The smallest absolute Gasteiger partial charge is 0.165 e. The van der Waals surface area contributed by atoms with Crippen LogP contribution in [0.5, 0.6) is 0 Å². The maximum Gasteiger partial charge on any atom is 0.165 e. The highest BCUT2D eigenvalue weighted by Crippen LogP contribution is 2.45. The zero-order valence-electron chi connectivity index (χ0n) is 27.4. The van der Waals surface area contributed by atoms with Crippen LogP contribution >= 0.6 is 0 Å². The third-order valence-corrected chi connectivity index (χ3v) is 9.10. The van der Waals surface area contributed by atoms with Crippen LogP contribution in [0.2, 0.25) is 0 Å². The first-order valence-electron chi connectivity index (χ1n) is 16.5. The molecule has 48 heavy (non-hydrogen) atoms. The molecule has 3 nitrogen and oxygen atoms in total. The van der Waals surface area contributed by atoms with Crippen molar-refractivity contribution in [1.29, 1.82) is 0 Å². The van der Waals surface area contributed by atoms with Crippen LogP contribution in [0.1, 0.15) is 26.3 Å². The maximum absolute atomic E-state index is 5.23. The van der Waals surface area contributed by atoms with Crippen molar-refractivity contribution >= 4 is 21.5 Å². The van der Waals surface area contributed by atoms with Gasteiger partial charge in [-0.2, -0.15) is 0 Å². The van der Waals surface area contributed by atoms with Crippen molar-refractivity contribution < 1.29 is 0 Å². The van der Waals surface area contributed by atoms with Gasteiger partial charge in [0.15, 0.2) is 17.5 Å². The standard InChI is InChI=1S/C45H35N3/c1-45(2,3)35-26-23-30(24-27-35)34-25-28-37-36-21-13-14-22-38(36)41(40(39(37)29-34)31-15-7-4-8-16-31)44-47-42(32-17-9-5-10-18-32)46-43(48-44)33-19-11-6-12-20-33/h4-29H,1-3H3. The predicted molar refractivity (Wildman–Crippen MR) is 201 cm³/mol. The molecule has 1 heterocycles. The van der Waals surface area contributed by atoms with Gasteiger partial charge in [0.25, 0.3) is 0 Å². The summed E-state index contributed by atoms with van der Waals surface area (Å²) < 4.78 is 0. The molecule has 0 aliphatic rings. The molecule has 0 atom stereocenters. The van der Waals surface area contributed by atoms with Gasteiger partial charge in [-0.1, -0.05) is 172 Å². The molecule has 0 fully saturated rings. The molecular weight excluding hydrogens is 583 g/mol. The molecule has 8 aromatic rings. The fourth-order valence-corrected chi connectivity index (χ4v) is 6.59. The van der Waals surface area contributed by atoms with E-state index in [-0.39, 0.29) is 5.41 Å². The Morgan fingerprint density at radius 1 is 0.333 bits per heavy atom. The normalized spacial score (nSPS) is 11.6. The van der Waals surface area contributed by atoms with Crippen LogP contribution in [-0.4, -0.2) is 15.0 Å². The first-order chi connectivity index (χ1) is 23.4. The number of aromatic nitrogens is 3. The lowest BCUT2D eigenvalue weighted by atomic mass is 9.85. The molecule has 0 N–H and O–H groups in total. The van der Waals surface area contributed by atoms with Crippen LogP contribution in [0.15, 0.2) is 158 Å². The lowest BCUT2D eigenvalue weighted by molar-refractivity contribution is 0.590. The van der Waals surface area contributed by atoms with Gasteiger partial charge in [0.05, 0.1) is 0 Å². The van der Waals surface area contributed by atoms with Crippen LogP contribution in [0.3, 0.4) is 0 Å². The number of fused-ring (bicyclic) bond motifs is 3. The molecule has 8 rings (SSSR count). The average molecular weight is 618 g/mol. The quantitative estimate of drug-likeness (QED) is 0.180.